The van der Waals surface area contributed by atoms with Crippen LogP contribution in [0.1, 0.15) is 16.2 Å². The van der Waals surface area contributed by atoms with E-state index in [-0.39, 0.29) is 5.69 Å². The predicted molar refractivity (Wildman–Crippen MR) is 74.7 cm³/mol. The minimum Gasteiger partial charge on any atom is -0.480 e. The van der Waals surface area contributed by atoms with E-state index in [1.165, 1.54) is 4.90 Å². The molecular weight excluding hydrogens is 256 g/mol. The zero-order valence-corrected chi connectivity index (χ0v) is 11.0. The number of aliphatic carboxylic acids is 1. The van der Waals surface area contributed by atoms with Gasteiger partial charge in [-0.1, -0.05) is 24.3 Å². The van der Waals surface area contributed by atoms with Gasteiger partial charge in [0.2, 0.25) is 0 Å². The van der Waals surface area contributed by atoms with E-state index in [1.54, 1.807) is 55.5 Å². The van der Waals surface area contributed by atoms with Crippen molar-refractivity contribution in [2.75, 3.05) is 11.4 Å². The highest BCUT2D eigenvalue weighted by atomic mass is 16.4. The average Bonchev–Trinajstić information content (AvgIpc) is 2.45. The van der Waals surface area contributed by atoms with Crippen LogP contribution in [0.5, 0.6) is 0 Å². The minimum atomic E-state index is -1.07. The van der Waals surface area contributed by atoms with Crippen LogP contribution in [0.15, 0.2) is 48.5 Å². The first-order chi connectivity index (χ1) is 9.58. The molecule has 102 valence electrons. The number of carboxylic acids is 1. The van der Waals surface area contributed by atoms with Crippen molar-refractivity contribution in [2.24, 2.45) is 0 Å². The van der Waals surface area contributed by atoms with Crippen LogP contribution in [0.4, 0.5) is 5.69 Å². The van der Waals surface area contributed by atoms with Crippen LogP contribution in [-0.2, 0) is 4.79 Å². The number of rotatable bonds is 4. The SMILES string of the molecule is Cc1cccc(C(=O)N(CC(=O)O)c2ccccc2)n1. The number of carbonyl (C=O) groups is 2. The van der Waals surface area contributed by atoms with Gasteiger partial charge in [-0.15, -0.1) is 0 Å². The smallest absolute Gasteiger partial charge is 0.323 e. The molecular formula is C15H14N2O3. The topological polar surface area (TPSA) is 70.5 Å². The second kappa shape index (κ2) is 5.97. The number of carboxylic acid groups (broad SMARTS) is 1. The van der Waals surface area contributed by atoms with Gasteiger partial charge in [-0.25, -0.2) is 4.98 Å². The van der Waals surface area contributed by atoms with Crippen molar-refractivity contribution in [1.82, 2.24) is 4.98 Å². The molecule has 1 N–H and O–H groups in total. The molecule has 5 nitrogen and oxygen atoms in total. The number of aromatic nitrogens is 1. The summed E-state index contributed by atoms with van der Waals surface area (Å²) in [5.74, 6) is -1.50. The molecule has 2 rings (SSSR count). The minimum absolute atomic E-state index is 0.232. The second-order valence-electron chi connectivity index (χ2n) is 4.28. The Morgan fingerprint density at radius 1 is 1.10 bits per heavy atom. The molecule has 0 unspecified atom stereocenters. The summed E-state index contributed by atoms with van der Waals surface area (Å²) in [4.78, 5) is 28.7. The highest BCUT2D eigenvalue weighted by Crippen LogP contribution is 2.16. The molecule has 0 aliphatic carbocycles. The largest absolute Gasteiger partial charge is 0.480 e. The molecule has 0 bridgehead atoms. The molecule has 0 saturated carbocycles. The Hall–Kier alpha value is -2.69. The van der Waals surface area contributed by atoms with Crippen LogP contribution in [0.3, 0.4) is 0 Å². The Balaban J connectivity index is 2.36. The molecule has 0 spiro atoms. The van der Waals surface area contributed by atoms with Gasteiger partial charge in [0.05, 0.1) is 0 Å². The summed E-state index contributed by atoms with van der Waals surface area (Å²) in [6.07, 6.45) is 0. The van der Waals surface area contributed by atoms with Gasteiger partial charge in [0.1, 0.15) is 12.2 Å². The van der Waals surface area contributed by atoms with E-state index in [4.69, 9.17) is 5.11 Å². The molecule has 0 aliphatic rings. The van der Waals surface area contributed by atoms with Crippen molar-refractivity contribution < 1.29 is 14.7 Å². The van der Waals surface area contributed by atoms with Crippen LogP contribution in [0.2, 0.25) is 0 Å². The van der Waals surface area contributed by atoms with E-state index in [9.17, 15) is 9.59 Å². The maximum Gasteiger partial charge on any atom is 0.323 e. The summed E-state index contributed by atoms with van der Waals surface area (Å²) in [5.41, 5.74) is 1.47. The third kappa shape index (κ3) is 3.20. The fourth-order valence-corrected chi connectivity index (χ4v) is 1.82. The molecule has 1 heterocycles. The third-order valence-corrected chi connectivity index (χ3v) is 2.71. The van der Waals surface area contributed by atoms with Crippen LogP contribution in [0, 0.1) is 6.92 Å². The highest BCUT2D eigenvalue weighted by Gasteiger charge is 2.21. The van der Waals surface area contributed by atoms with Crippen molar-refractivity contribution in [3.63, 3.8) is 0 Å². The highest BCUT2D eigenvalue weighted by molar-refractivity contribution is 6.07. The summed E-state index contributed by atoms with van der Waals surface area (Å²) in [6, 6.07) is 13.8. The zero-order chi connectivity index (χ0) is 14.5. The molecule has 1 aromatic carbocycles. The van der Waals surface area contributed by atoms with E-state index in [0.717, 1.165) is 0 Å². The Morgan fingerprint density at radius 2 is 1.80 bits per heavy atom. The molecule has 0 radical (unpaired) electrons. The summed E-state index contributed by atoms with van der Waals surface area (Å²) in [6.45, 7) is 1.37. The van der Waals surface area contributed by atoms with E-state index in [0.29, 0.717) is 11.4 Å². The van der Waals surface area contributed by atoms with Gasteiger partial charge in [0, 0.05) is 11.4 Å². The van der Waals surface area contributed by atoms with Crippen molar-refractivity contribution in [2.45, 2.75) is 6.92 Å². The predicted octanol–water partition coefficient (Wildman–Crippen LogP) is 2.12. The first-order valence-corrected chi connectivity index (χ1v) is 6.10. The van der Waals surface area contributed by atoms with Crippen LogP contribution in [-0.4, -0.2) is 28.5 Å². The molecule has 0 fully saturated rings. The number of para-hydroxylation sites is 1. The van der Waals surface area contributed by atoms with Crippen LogP contribution in [0.25, 0.3) is 0 Å². The van der Waals surface area contributed by atoms with E-state index < -0.39 is 18.4 Å². The summed E-state index contributed by atoms with van der Waals surface area (Å²) < 4.78 is 0. The number of pyridine rings is 1. The number of carbonyl (C=O) groups excluding carboxylic acids is 1. The van der Waals surface area contributed by atoms with Crippen LogP contribution >= 0.6 is 0 Å². The third-order valence-electron chi connectivity index (χ3n) is 2.71. The first-order valence-electron chi connectivity index (χ1n) is 6.10. The lowest BCUT2D eigenvalue weighted by Crippen LogP contribution is -2.36. The van der Waals surface area contributed by atoms with E-state index in [1.807, 2.05) is 0 Å². The second-order valence-corrected chi connectivity index (χ2v) is 4.28. The van der Waals surface area contributed by atoms with Gasteiger partial charge in [0.25, 0.3) is 5.91 Å². The molecule has 0 aliphatic heterocycles. The molecule has 2 aromatic rings. The fraction of sp³-hybridized carbons (Fsp3) is 0.133. The number of nitrogens with zero attached hydrogens (tertiary/aromatic N) is 2. The quantitative estimate of drug-likeness (QED) is 0.923. The fourth-order valence-electron chi connectivity index (χ4n) is 1.82. The lowest BCUT2D eigenvalue weighted by Gasteiger charge is -2.20. The maximum absolute atomic E-state index is 12.4. The Morgan fingerprint density at radius 3 is 2.40 bits per heavy atom. The van der Waals surface area contributed by atoms with Crippen molar-refractivity contribution in [3.05, 3.63) is 59.9 Å². The van der Waals surface area contributed by atoms with Gasteiger partial charge in [0.15, 0.2) is 0 Å². The Bertz CT molecular complexity index is 626. The summed E-state index contributed by atoms with van der Waals surface area (Å²) in [5, 5.41) is 8.98. The number of benzene rings is 1. The van der Waals surface area contributed by atoms with Gasteiger partial charge < -0.3 is 5.11 Å². The molecule has 20 heavy (non-hydrogen) atoms. The lowest BCUT2D eigenvalue weighted by atomic mass is 10.2. The Labute approximate surface area is 116 Å². The number of anilines is 1. The van der Waals surface area contributed by atoms with Crippen LogP contribution < -0.4 is 4.90 Å². The Kier molecular flexibility index (Phi) is 4.10. The van der Waals surface area contributed by atoms with Gasteiger partial charge in [-0.3, -0.25) is 14.5 Å². The van der Waals surface area contributed by atoms with Crippen molar-refractivity contribution in [1.29, 1.82) is 0 Å². The van der Waals surface area contributed by atoms with Crippen molar-refractivity contribution in [3.8, 4) is 0 Å². The molecule has 0 atom stereocenters. The number of aryl methyl sites for hydroxylation is 1. The number of hydrogen-bond acceptors (Lipinski definition) is 3. The number of amides is 1. The molecule has 5 heteroatoms. The van der Waals surface area contributed by atoms with Crippen molar-refractivity contribution >= 4 is 17.6 Å². The van der Waals surface area contributed by atoms with Gasteiger partial charge in [-0.2, -0.15) is 0 Å². The zero-order valence-electron chi connectivity index (χ0n) is 11.0. The standard InChI is InChI=1S/C15H14N2O3/c1-11-6-5-9-13(16-11)15(20)17(10-14(18)19)12-7-3-2-4-8-12/h2-9H,10H2,1H3,(H,18,19). The summed E-state index contributed by atoms with van der Waals surface area (Å²) in [7, 11) is 0. The van der Waals surface area contributed by atoms with Gasteiger partial charge in [-0.05, 0) is 31.2 Å². The average molecular weight is 270 g/mol. The molecule has 1 amide bonds. The van der Waals surface area contributed by atoms with Gasteiger partial charge >= 0.3 is 5.97 Å². The number of hydrogen-bond donors (Lipinski definition) is 1. The summed E-state index contributed by atoms with van der Waals surface area (Å²) >= 11 is 0. The monoisotopic (exact) mass is 270 g/mol. The normalized spacial score (nSPS) is 10.1. The molecule has 1 aromatic heterocycles. The first kappa shape index (κ1) is 13.7. The van der Waals surface area contributed by atoms with E-state index in [2.05, 4.69) is 4.98 Å². The maximum atomic E-state index is 12.4. The van der Waals surface area contributed by atoms with E-state index >= 15 is 0 Å². The lowest BCUT2D eigenvalue weighted by molar-refractivity contribution is -0.135. The molecule has 0 saturated heterocycles.